The number of methoxy groups -OCH3 is 1. The number of nitrogens with zero attached hydrogens (tertiary/aromatic N) is 6. The molecule has 1 saturated heterocycles. The third-order valence-electron chi connectivity index (χ3n) is 8.30. The smallest absolute Gasteiger partial charge is 0.254 e. The summed E-state index contributed by atoms with van der Waals surface area (Å²) in [5, 5.41) is 5.60. The summed E-state index contributed by atoms with van der Waals surface area (Å²) in [6.07, 6.45) is 8.30. The van der Waals surface area contributed by atoms with Gasteiger partial charge in [-0.1, -0.05) is 18.2 Å². The van der Waals surface area contributed by atoms with E-state index in [-0.39, 0.29) is 11.9 Å². The Labute approximate surface area is 233 Å². The van der Waals surface area contributed by atoms with Gasteiger partial charge in [-0.3, -0.25) is 9.48 Å². The number of para-hydroxylation sites is 1. The minimum atomic E-state index is -0.0263. The molecule has 4 heterocycles. The monoisotopic (exact) mass is 537 g/mol. The molecule has 206 valence electrons. The van der Waals surface area contributed by atoms with Gasteiger partial charge in [-0.25, -0.2) is 4.98 Å². The van der Waals surface area contributed by atoms with E-state index in [1.54, 1.807) is 7.11 Å². The van der Waals surface area contributed by atoms with Crippen LogP contribution in [0.1, 0.15) is 41.6 Å². The molecule has 1 atom stereocenters. The second-order valence-electron chi connectivity index (χ2n) is 11.4. The van der Waals surface area contributed by atoms with Crippen LogP contribution in [0.4, 0.5) is 0 Å². The van der Waals surface area contributed by atoms with Crippen molar-refractivity contribution < 1.29 is 9.53 Å². The number of likely N-dealkylation sites (tertiary alicyclic amines) is 1. The molecule has 2 aromatic carbocycles. The van der Waals surface area contributed by atoms with E-state index in [2.05, 4.69) is 44.6 Å². The first-order valence-corrected chi connectivity index (χ1v) is 14.2. The number of aryl methyl sites for hydroxylation is 1. The van der Waals surface area contributed by atoms with Gasteiger partial charge in [0.15, 0.2) is 5.82 Å². The lowest BCUT2D eigenvalue weighted by Gasteiger charge is -2.30. The fourth-order valence-corrected chi connectivity index (χ4v) is 6.12. The van der Waals surface area contributed by atoms with Gasteiger partial charge in [-0.2, -0.15) is 5.10 Å². The van der Waals surface area contributed by atoms with Crippen molar-refractivity contribution in [2.24, 2.45) is 18.7 Å². The largest absolute Gasteiger partial charge is 0.494 e. The van der Waals surface area contributed by atoms with Gasteiger partial charge >= 0.3 is 0 Å². The third kappa shape index (κ3) is 4.44. The second kappa shape index (κ2) is 9.82. The predicted molar refractivity (Wildman–Crippen MR) is 155 cm³/mol. The molecule has 5 aromatic rings. The molecule has 2 N–H and O–H groups in total. The molecular formula is C31H35N7O2. The molecule has 2 aliphatic rings. The quantitative estimate of drug-likeness (QED) is 0.332. The highest BCUT2D eigenvalue weighted by Crippen LogP contribution is 2.38. The Morgan fingerprint density at radius 2 is 1.98 bits per heavy atom. The Hall–Kier alpha value is -4.11. The first-order chi connectivity index (χ1) is 19.5. The van der Waals surface area contributed by atoms with Crippen LogP contribution < -0.4 is 10.5 Å². The summed E-state index contributed by atoms with van der Waals surface area (Å²) in [5.74, 6) is 2.16. The van der Waals surface area contributed by atoms with Crippen LogP contribution >= 0.6 is 0 Å². The molecule has 1 aliphatic carbocycles. The second-order valence-corrected chi connectivity index (χ2v) is 11.4. The summed E-state index contributed by atoms with van der Waals surface area (Å²) in [6.45, 7) is 2.83. The first kappa shape index (κ1) is 24.9. The molecule has 0 spiro atoms. The molecule has 1 amide bonds. The van der Waals surface area contributed by atoms with Crippen molar-refractivity contribution in [2.45, 2.75) is 44.8 Å². The van der Waals surface area contributed by atoms with Gasteiger partial charge in [0.05, 0.1) is 31.1 Å². The van der Waals surface area contributed by atoms with Crippen LogP contribution in [-0.2, 0) is 20.1 Å². The van der Waals surface area contributed by atoms with Crippen LogP contribution in [0.2, 0.25) is 0 Å². The molecule has 9 nitrogen and oxygen atoms in total. The number of nitrogens with two attached hydrogens (primary N) is 1. The van der Waals surface area contributed by atoms with E-state index in [1.807, 2.05) is 41.2 Å². The topological polar surface area (TPSA) is 96.1 Å². The maximum absolute atomic E-state index is 13.6. The zero-order valence-electron chi connectivity index (χ0n) is 23.1. The number of piperidine rings is 1. The number of rotatable bonds is 7. The van der Waals surface area contributed by atoms with Crippen molar-refractivity contribution in [1.29, 1.82) is 0 Å². The standard InChI is InChI=1S/C31H35N7O2/c1-35-16-21(15-33-35)18-38-29-25(12-23(14-28(29)40-2)31(39)36-11-5-7-24(32)19-36)34-30(38)27-13-22-6-3-4-8-26(22)37(27)17-20-9-10-20/h3-4,6,8,12-16,20,24H,5,7,9-11,17-19,32H2,1-2H3/t24-/m1/s1. The van der Waals surface area contributed by atoms with Gasteiger partial charge in [0.25, 0.3) is 5.91 Å². The Bertz CT molecular complexity index is 1720. The van der Waals surface area contributed by atoms with Crippen molar-refractivity contribution in [2.75, 3.05) is 20.2 Å². The Balaban J connectivity index is 1.42. The number of carbonyl (C=O) groups excluding carboxylic acids is 1. The number of benzene rings is 2. The van der Waals surface area contributed by atoms with Gasteiger partial charge in [0.2, 0.25) is 0 Å². The fourth-order valence-electron chi connectivity index (χ4n) is 6.12. The SMILES string of the molecule is COc1cc(C(=O)N2CCC[C@@H](N)C2)cc2nc(-c3cc4ccccc4n3CC3CC3)n(Cc3cnn(C)c3)c12. The average Bonchev–Trinajstić information content (AvgIpc) is 3.42. The minimum Gasteiger partial charge on any atom is -0.494 e. The average molecular weight is 538 g/mol. The van der Waals surface area contributed by atoms with Gasteiger partial charge in [0.1, 0.15) is 11.3 Å². The van der Waals surface area contributed by atoms with Gasteiger partial charge in [-0.05, 0) is 55.9 Å². The maximum atomic E-state index is 13.6. The number of fused-ring (bicyclic) bond motifs is 2. The van der Waals surface area contributed by atoms with Crippen LogP contribution in [0, 0.1) is 5.92 Å². The normalized spacial score (nSPS) is 17.7. The molecule has 0 bridgehead atoms. The van der Waals surface area contributed by atoms with Gasteiger partial charge < -0.3 is 24.5 Å². The van der Waals surface area contributed by atoms with E-state index >= 15 is 0 Å². The number of ether oxygens (including phenoxy) is 1. The summed E-state index contributed by atoms with van der Waals surface area (Å²) in [6, 6.07) is 14.6. The number of hydrogen-bond donors (Lipinski definition) is 1. The summed E-state index contributed by atoms with van der Waals surface area (Å²) in [7, 11) is 3.58. The molecular weight excluding hydrogens is 502 g/mol. The van der Waals surface area contributed by atoms with Gasteiger partial charge in [0, 0.05) is 61.0 Å². The molecule has 0 radical (unpaired) electrons. The number of hydrogen-bond acceptors (Lipinski definition) is 5. The third-order valence-corrected chi connectivity index (χ3v) is 8.30. The van der Waals surface area contributed by atoms with Gasteiger partial charge in [-0.15, -0.1) is 0 Å². The molecule has 2 fully saturated rings. The summed E-state index contributed by atoms with van der Waals surface area (Å²) in [4.78, 5) is 20.7. The number of imidazole rings is 1. The highest BCUT2D eigenvalue weighted by Gasteiger charge is 2.28. The molecule has 7 rings (SSSR count). The van der Waals surface area contributed by atoms with Crippen molar-refractivity contribution >= 4 is 27.8 Å². The molecule has 3 aromatic heterocycles. The molecule has 1 aliphatic heterocycles. The first-order valence-electron chi connectivity index (χ1n) is 14.2. The highest BCUT2D eigenvalue weighted by atomic mass is 16.5. The van der Waals surface area contributed by atoms with Crippen LogP contribution in [0.15, 0.2) is 54.9 Å². The lowest BCUT2D eigenvalue weighted by atomic mass is 10.0. The lowest BCUT2D eigenvalue weighted by molar-refractivity contribution is 0.0708. The lowest BCUT2D eigenvalue weighted by Crippen LogP contribution is -2.45. The van der Waals surface area contributed by atoms with E-state index in [1.165, 1.54) is 23.7 Å². The Kier molecular flexibility index (Phi) is 6.11. The minimum absolute atomic E-state index is 0.0157. The number of carbonyl (C=O) groups is 1. The molecule has 40 heavy (non-hydrogen) atoms. The zero-order valence-corrected chi connectivity index (χ0v) is 23.1. The van der Waals surface area contributed by atoms with Crippen LogP contribution in [0.25, 0.3) is 33.5 Å². The number of aromatic nitrogens is 5. The van der Waals surface area contributed by atoms with Crippen LogP contribution in [0.3, 0.4) is 0 Å². The Morgan fingerprint density at radius 3 is 2.73 bits per heavy atom. The van der Waals surface area contributed by atoms with Crippen molar-refractivity contribution in [3.63, 3.8) is 0 Å². The Morgan fingerprint density at radius 1 is 1.12 bits per heavy atom. The summed E-state index contributed by atoms with van der Waals surface area (Å²) >= 11 is 0. The summed E-state index contributed by atoms with van der Waals surface area (Å²) in [5.41, 5.74) is 11.7. The van der Waals surface area contributed by atoms with Crippen LogP contribution in [-0.4, -0.2) is 60.9 Å². The molecule has 9 heteroatoms. The van der Waals surface area contributed by atoms with E-state index in [0.717, 1.165) is 54.0 Å². The van der Waals surface area contributed by atoms with Crippen molar-refractivity contribution in [3.05, 3.63) is 66.0 Å². The van der Waals surface area contributed by atoms with Crippen LogP contribution in [0.5, 0.6) is 5.75 Å². The van der Waals surface area contributed by atoms with E-state index in [4.69, 9.17) is 15.5 Å². The maximum Gasteiger partial charge on any atom is 0.254 e. The van der Waals surface area contributed by atoms with E-state index in [9.17, 15) is 4.79 Å². The molecule has 1 saturated carbocycles. The van der Waals surface area contributed by atoms with E-state index < -0.39 is 0 Å². The van der Waals surface area contributed by atoms with Crippen molar-refractivity contribution in [1.82, 2.24) is 28.8 Å². The number of amides is 1. The highest BCUT2D eigenvalue weighted by molar-refractivity contribution is 6.00. The fraction of sp³-hybridized carbons (Fsp3) is 0.387. The predicted octanol–water partition coefficient (Wildman–Crippen LogP) is 4.42. The van der Waals surface area contributed by atoms with E-state index in [0.29, 0.717) is 30.3 Å². The van der Waals surface area contributed by atoms with Crippen molar-refractivity contribution in [3.8, 4) is 17.3 Å². The summed E-state index contributed by atoms with van der Waals surface area (Å²) < 4.78 is 12.4. The molecule has 0 unspecified atom stereocenters. The zero-order chi connectivity index (χ0) is 27.4.